The van der Waals surface area contributed by atoms with Crippen molar-refractivity contribution in [1.29, 1.82) is 0 Å². The van der Waals surface area contributed by atoms with E-state index in [1.807, 2.05) is 6.07 Å². The van der Waals surface area contributed by atoms with Crippen LogP contribution < -0.4 is 5.32 Å². The van der Waals surface area contributed by atoms with Crippen LogP contribution in [0.5, 0.6) is 0 Å². The van der Waals surface area contributed by atoms with Gasteiger partial charge in [0, 0.05) is 10.9 Å². The molecule has 0 radical (unpaired) electrons. The van der Waals surface area contributed by atoms with Crippen molar-refractivity contribution in [2.75, 3.05) is 0 Å². The van der Waals surface area contributed by atoms with Crippen LogP contribution in [0.2, 0.25) is 0 Å². The van der Waals surface area contributed by atoms with Gasteiger partial charge in [-0.15, -0.1) is 0 Å². The van der Waals surface area contributed by atoms with Crippen LogP contribution in [0.25, 0.3) is 0 Å². The Hall–Kier alpha value is -2.18. The second-order valence-corrected chi connectivity index (χ2v) is 5.96. The lowest BCUT2D eigenvalue weighted by Gasteiger charge is -2.17. The Bertz CT molecular complexity index is 690. The van der Waals surface area contributed by atoms with E-state index in [1.54, 1.807) is 48.5 Å². The number of amides is 1. The second-order valence-electron chi connectivity index (χ2n) is 5.05. The van der Waals surface area contributed by atoms with E-state index >= 15 is 0 Å². The summed E-state index contributed by atoms with van der Waals surface area (Å²) in [6.45, 7) is 0. The van der Waals surface area contributed by atoms with Crippen LogP contribution in [0.4, 0.5) is 0 Å². The first-order valence-corrected chi connectivity index (χ1v) is 7.77. The highest BCUT2D eigenvalue weighted by atomic mass is 79.9. The quantitative estimate of drug-likeness (QED) is 0.720. The molecule has 0 spiro atoms. The standard InChI is InChI=1S/C17H16BrNO4/c18-13-8-4-5-11(9-13)10-14(17(22)23)19-16(21)15(20)12-6-2-1-3-7-12/h1-9,14-15,20H,10H2,(H,19,21)(H,22,23)/t14-,15-/m0/s1. The zero-order valence-corrected chi connectivity index (χ0v) is 13.7. The molecule has 0 aliphatic rings. The third-order valence-corrected chi connectivity index (χ3v) is 3.80. The van der Waals surface area contributed by atoms with Crippen molar-refractivity contribution in [1.82, 2.24) is 5.32 Å². The van der Waals surface area contributed by atoms with Gasteiger partial charge in [0.15, 0.2) is 6.10 Å². The highest BCUT2D eigenvalue weighted by molar-refractivity contribution is 9.10. The van der Waals surface area contributed by atoms with Crippen molar-refractivity contribution in [3.8, 4) is 0 Å². The van der Waals surface area contributed by atoms with Gasteiger partial charge in [0.1, 0.15) is 6.04 Å². The molecule has 0 heterocycles. The summed E-state index contributed by atoms with van der Waals surface area (Å²) in [4.78, 5) is 23.5. The van der Waals surface area contributed by atoms with Gasteiger partial charge in [-0.3, -0.25) is 4.79 Å². The van der Waals surface area contributed by atoms with Crippen molar-refractivity contribution in [3.05, 3.63) is 70.2 Å². The van der Waals surface area contributed by atoms with E-state index in [0.717, 1.165) is 10.0 Å². The van der Waals surface area contributed by atoms with Gasteiger partial charge in [0.05, 0.1) is 0 Å². The van der Waals surface area contributed by atoms with Gasteiger partial charge >= 0.3 is 5.97 Å². The zero-order chi connectivity index (χ0) is 16.8. The fourth-order valence-corrected chi connectivity index (χ4v) is 2.58. The number of halogens is 1. The Kier molecular flexibility index (Phi) is 5.90. The Balaban J connectivity index is 2.07. The van der Waals surface area contributed by atoms with Crippen LogP contribution in [0, 0.1) is 0 Å². The van der Waals surface area contributed by atoms with E-state index in [4.69, 9.17) is 0 Å². The molecule has 2 rings (SSSR count). The Labute approximate surface area is 142 Å². The molecule has 0 aliphatic heterocycles. The molecule has 1 amide bonds. The van der Waals surface area contributed by atoms with Crippen LogP contribution in [-0.2, 0) is 16.0 Å². The molecule has 0 unspecified atom stereocenters. The molecule has 23 heavy (non-hydrogen) atoms. The van der Waals surface area contributed by atoms with Gasteiger partial charge in [-0.2, -0.15) is 0 Å². The van der Waals surface area contributed by atoms with Gasteiger partial charge in [0.2, 0.25) is 0 Å². The molecule has 2 aromatic rings. The van der Waals surface area contributed by atoms with E-state index in [-0.39, 0.29) is 6.42 Å². The molecule has 2 atom stereocenters. The number of carbonyl (C=O) groups excluding carboxylic acids is 1. The molecule has 0 bridgehead atoms. The fraction of sp³-hybridized carbons (Fsp3) is 0.176. The van der Waals surface area contributed by atoms with Crippen LogP contribution in [-0.4, -0.2) is 28.1 Å². The van der Waals surface area contributed by atoms with Crippen molar-refractivity contribution >= 4 is 27.8 Å². The van der Waals surface area contributed by atoms with Crippen LogP contribution in [0.1, 0.15) is 17.2 Å². The first kappa shape index (κ1) is 17.2. The van der Waals surface area contributed by atoms with Crippen LogP contribution in [0.3, 0.4) is 0 Å². The molecule has 5 nitrogen and oxygen atoms in total. The molecular formula is C17H16BrNO4. The van der Waals surface area contributed by atoms with Crippen molar-refractivity contribution in [2.45, 2.75) is 18.6 Å². The number of benzene rings is 2. The van der Waals surface area contributed by atoms with E-state index < -0.39 is 24.0 Å². The largest absolute Gasteiger partial charge is 0.480 e. The third-order valence-electron chi connectivity index (χ3n) is 3.31. The number of hydrogen-bond acceptors (Lipinski definition) is 3. The number of nitrogens with one attached hydrogen (secondary N) is 1. The van der Waals surface area contributed by atoms with Gasteiger partial charge in [-0.1, -0.05) is 58.4 Å². The highest BCUT2D eigenvalue weighted by Gasteiger charge is 2.25. The zero-order valence-electron chi connectivity index (χ0n) is 12.1. The Morgan fingerprint density at radius 1 is 1.09 bits per heavy atom. The lowest BCUT2D eigenvalue weighted by atomic mass is 10.0. The minimum atomic E-state index is -1.40. The van der Waals surface area contributed by atoms with Crippen molar-refractivity contribution in [3.63, 3.8) is 0 Å². The lowest BCUT2D eigenvalue weighted by Crippen LogP contribution is -2.44. The fourth-order valence-electron chi connectivity index (χ4n) is 2.14. The summed E-state index contributed by atoms with van der Waals surface area (Å²) >= 11 is 3.32. The monoisotopic (exact) mass is 377 g/mol. The van der Waals surface area contributed by atoms with Gasteiger partial charge in [-0.05, 0) is 23.3 Å². The molecule has 0 saturated carbocycles. The molecule has 2 aromatic carbocycles. The third kappa shape index (κ3) is 4.91. The molecule has 0 saturated heterocycles. The van der Waals surface area contributed by atoms with E-state index in [0.29, 0.717) is 5.56 Å². The number of aliphatic carboxylic acids is 1. The van der Waals surface area contributed by atoms with Gasteiger partial charge in [0.25, 0.3) is 5.91 Å². The molecular weight excluding hydrogens is 362 g/mol. The minimum absolute atomic E-state index is 0.127. The summed E-state index contributed by atoms with van der Waals surface area (Å²) in [7, 11) is 0. The highest BCUT2D eigenvalue weighted by Crippen LogP contribution is 2.15. The summed E-state index contributed by atoms with van der Waals surface area (Å²) in [6, 6.07) is 14.4. The number of carbonyl (C=O) groups is 2. The summed E-state index contributed by atoms with van der Waals surface area (Å²) in [5.41, 5.74) is 1.18. The predicted molar refractivity (Wildman–Crippen MR) is 88.8 cm³/mol. The van der Waals surface area contributed by atoms with Gasteiger partial charge in [-0.25, -0.2) is 4.79 Å². The molecule has 0 aliphatic carbocycles. The molecule has 0 fully saturated rings. The van der Waals surface area contributed by atoms with Crippen molar-refractivity contribution in [2.24, 2.45) is 0 Å². The van der Waals surface area contributed by atoms with Crippen molar-refractivity contribution < 1.29 is 19.8 Å². The predicted octanol–water partition coefficient (Wildman–Crippen LogP) is 2.29. The summed E-state index contributed by atoms with van der Waals surface area (Å²) < 4.78 is 0.829. The number of carboxylic acid groups (broad SMARTS) is 1. The van der Waals surface area contributed by atoms with E-state index in [9.17, 15) is 19.8 Å². The summed E-state index contributed by atoms with van der Waals surface area (Å²) in [5.74, 6) is -1.89. The average Bonchev–Trinajstić information content (AvgIpc) is 2.54. The molecule has 6 heteroatoms. The maximum atomic E-state index is 12.1. The maximum Gasteiger partial charge on any atom is 0.326 e. The molecule has 3 N–H and O–H groups in total. The topological polar surface area (TPSA) is 86.6 Å². The lowest BCUT2D eigenvalue weighted by molar-refractivity contribution is -0.143. The average molecular weight is 378 g/mol. The number of hydrogen-bond donors (Lipinski definition) is 3. The first-order valence-electron chi connectivity index (χ1n) is 6.98. The maximum absolute atomic E-state index is 12.1. The van der Waals surface area contributed by atoms with E-state index in [1.165, 1.54) is 0 Å². The normalized spacial score (nSPS) is 13.1. The van der Waals surface area contributed by atoms with E-state index in [2.05, 4.69) is 21.2 Å². The minimum Gasteiger partial charge on any atom is -0.480 e. The number of aliphatic hydroxyl groups is 1. The summed E-state index contributed by atoms with van der Waals surface area (Å²) in [5, 5.41) is 21.7. The smallest absolute Gasteiger partial charge is 0.326 e. The second kappa shape index (κ2) is 7.89. The molecule has 0 aromatic heterocycles. The summed E-state index contributed by atoms with van der Waals surface area (Å²) in [6.07, 6.45) is -1.28. The number of aliphatic hydroxyl groups excluding tert-OH is 1. The number of carboxylic acids is 1. The molecule has 120 valence electrons. The Morgan fingerprint density at radius 2 is 1.78 bits per heavy atom. The number of rotatable bonds is 6. The first-order chi connectivity index (χ1) is 11.0. The van der Waals surface area contributed by atoms with Crippen LogP contribution in [0.15, 0.2) is 59.1 Å². The Morgan fingerprint density at radius 3 is 2.39 bits per heavy atom. The van der Waals surface area contributed by atoms with Gasteiger partial charge < -0.3 is 15.5 Å². The SMILES string of the molecule is O=C(O)[C@H](Cc1cccc(Br)c1)NC(=O)[C@@H](O)c1ccccc1. The van der Waals surface area contributed by atoms with Crippen LogP contribution >= 0.6 is 15.9 Å².